The van der Waals surface area contributed by atoms with Crippen molar-refractivity contribution in [3.8, 4) is 23.0 Å². The van der Waals surface area contributed by atoms with E-state index in [-0.39, 0.29) is 0 Å². The highest BCUT2D eigenvalue weighted by molar-refractivity contribution is 6.30. The van der Waals surface area contributed by atoms with Crippen molar-refractivity contribution in [3.05, 3.63) is 83.3 Å². The van der Waals surface area contributed by atoms with Gasteiger partial charge in [-0.3, -0.25) is 4.68 Å². The molecule has 2 aromatic heterocycles. The van der Waals surface area contributed by atoms with Crippen molar-refractivity contribution < 1.29 is 0 Å². The molecule has 1 aliphatic rings. The van der Waals surface area contributed by atoms with Crippen molar-refractivity contribution in [2.24, 2.45) is 5.92 Å². The van der Waals surface area contributed by atoms with Crippen molar-refractivity contribution in [3.63, 3.8) is 0 Å². The number of hydrogen-bond acceptors (Lipinski definition) is 3. The van der Waals surface area contributed by atoms with E-state index in [1.807, 2.05) is 48.8 Å². The third-order valence-electron chi connectivity index (χ3n) is 6.42. The number of likely N-dealkylation sites (tertiary alicyclic amines) is 1. The molecule has 0 amide bonds. The van der Waals surface area contributed by atoms with Gasteiger partial charge in [-0.05, 0) is 79.7 Å². The summed E-state index contributed by atoms with van der Waals surface area (Å²) in [6.07, 6.45) is 6.41. The molecular weight excluding hydrogens is 428 g/mol. The summed E-state index contributed by atoms with van der Waals surface area (Å²) in [6, 6.07) is 18.1. The first kappa shape index (κ1) is 21.7. The van der Waals surface area contributed by atoms with Gasteiger partial charge >= 0.3 is 0 Å². The number of fused-ring (bicyclic) bond motifs is 1. The Balaban J connectivity index is 1.25. The molecule has 33 heavy (non-hydrogen) atoms. The molecule has 0 N–H and O–H groups in total. The van der Waals surface area contributed by atoms with Crippen molar-refractivity contribution in [1.29, 1.82) is 0 Å². The van der Waals surface area contributed by atoms with E-state index >= 15 is 0 Å². The van der Waals surface area contributed by atoms with Crippen molar-refractivity contribution in [1.82, 2.24) is 19.7 Å². The summed E-state index contributed by atoms with van der Waals surface area (Å²) in [5.74, 6) is 7.28. The Hall–Kier alpha value is -3.13. The van der Waals surface area contributed by atoms with Crippen molar-refractivity contribution in [2.45, 2.75) is 26.3 Å². The van der Waals surface area contributed by atoms with Crippen molar-refractivity contribution in [2.75, 3.05) is 19.6 Å². The molecule has 3 heterocycles. The van der Waals surface area contributed by atoms with Crippen LogP contribution in [0.25, 0.3) is 22.0 Å². The van der Waals surface area contributed by atoms with Crippen LogP contribution in [-0.2, 0) is 6.54 Å². The first-order valence-electron chi connectivity index (χ1n) is 11.6. The number of pyridine rings is 1. The molecule has 4 nitrogen and oxygen atoms in total. The second-order valence-corrected chi connectivity index (χ2v) is 9.29. The molecule has 0 spiro atoms. The van der Waals surface area contributed by atoms with Crippen LogP contribution in [0, 0.1) is 17.8 Å². The number of hydrogen-bond donors (Lipinski definition) is 0. The van der Waals surface area contributed by atoms with E-state index in [9.17, 15) is 0 Å². The van der Waals surface area contributed by atoms with Gasteiger partial charge in [-0.25, -0.2) is 4.98 Å². The normalized spacial score (nSPS) is 14.8. The third kappa shape index (κ3) is 5.27. The topological polar surface area (TPSA) is 34.0 Å². The Bertz CT molecular complexity index is 1290. The van der Waals surface area contributed by atoms with Crippen molar-refractivity contribution >= 4 is 22.5 Å². The minimum atomic E-state index is 0.730. The maximum absolute atomic E-state index is 5.97. The van der Waals surface area contributed by atoms with Gasteiger partial charge in [0.05, 0.1) is 18.3 Å². The predicted octanol–water partition coefficient (Wildman–Crippen LogP) is 5.88. The second-order valence-electron chi connectivity index (χ2n) is 8.85. The van der Waals surface area contributed by atoms with Crippen LogP contribution in [0.1, 0.15) is 31.0 Å². The zero-order chi connectivity index (χ0) is 22.6. The quantitative estimate of drug-likeness (QED) is 0.361. The van der Waals surface area contributed by atoms with Gasteiger partial charge in [0.2, 0.25) is 0 Å². The van der Waals surface area contributed by atoms with Crippen LogP contribution in [0.5, 0.6) is 0 Å². The number of aromatic nitrogens is 3. The van der Waals surface area contributed by atoms with Gasteiger partial charge in [0.15, 0.2) is 0 Å². The summed E-state index contributed by atoms with van der Waals surface area (Å²) in [4.78, 5) is 7.06. The Morgan fingerprint density at radius 2 is 1.70 bits per heavy atom. The molecule has 166 valence electrons. The van der Waals surface area contributed by atoms with Gasteiger partial charge in [0.25, 0.3) is 0 Å². The highest BCUT2D eigenvalue weighted by atomic mass is 35.5. The fourth-order valence-corrected chi connectivity index (χ4v) is 4.41. The Morgan fingerprint density at radius 3 is 2.45 bits per heavy atom. The third-order valence-corrected chi connectivity index (χ3v) is 6.67. The van der Waals surface area contributed by atoms with Crippen LogP contribution in [-0.4, -0.2) is 39.3 Å². The van der Waals surface area contributed by atoms with Gasteiger partial charge in [-0.1, -0.05) is 42.6 Å². The standard InChI is InChI=1S/C28H27ClN4/c1-21-12-14-32(15-13-21)16-17-33-28-11-3-22(18-25(28)20-31-33)2-9-27-10-6-24(19-30-27)23-4-7-26(29)8-5-23/h3-8,10-11,18-21H,12-17H2,1H3. The molecule has 5 heteroatoms. The van der Waals surface area contributed by atoms with Gasteiger partial charge in [0.1, 0.15) is 5.69 Å². The van der Waals surface area contributed by atoms with E-state index in [1.165, 1.54) is 25.9 Å². The van der Waals surface area contributed by atoms with Crippen LogP contribution < -0.4 is 0 Å². The molecule has 1 aliphatic heterocycles. The first-order chi connectivity index (χ1) is 16.1. The van der Waals surface area contributed by atoms with E-state index in [0.29, 0.717) is 0 Å². The molecule has 0 saturated carbocycles. The van der Waals surface area contributed by atoms with E-state index in [1.54, 1.807) is 0 Å². The fraction of sp³-hybridized carbons (Fsp3) is 0.286. The number of benzene rings is 2. The largest absolute Gasteiger partial charge is 0.301 e. The average Bonchev–Trinajstić information content (AvgIpc) is 3.25. The Kier molecular flexibility index (Phi) is 6.44. The Labute approximate surface area is 200 Å². The first-order valence-corrected chi connectivity index (χ1v) is 11.9. The SMILES string of the molecule is CC1CCN(CCn2ncc3cc(C#Cc4ccc(-c5ccc(Cl)cc5)cn4)ccc32)CC1. The maximum atomic E-state index is 5.97. The monoisotopic (exact) mass is 454 g/mol. The summed E-state index contributed by atoms with van der Waals surface area (Å²) >= 11 is 5.97. The van der Waals surface area contributed by atoms with Crippen LogP contribution in [0.2, 0.25) is 5.02 Å². The maximum Gasteiger partial charge on any atom is 0.113 e. The lowest BCUT2D eigenvalue weighted by atomic mass is 9.99. The molecule has 0 unspecified atom stereocenters. The lowest BCUT2D eigenvalue weighted by molar-refractivity contribution is 0.185. The van der Waals surface area contributed by atoms with E-state index in [0.717, 1.165) is 57.3 Å². The lowest BCUT2D eigenvalue weighted by Crippen LogP contribution is -2.35. The van der Waals surface area contributed by atoms with Gasteiger partial charge in [0, 0.05) is 34.3 Å². The molecule has 5 rings (SSSR count). The van der Waals surface area contributed by atoms with Crippen LogP contribution in [0.15, 0.2) is 67.0 Å². The average molecular weight is 455 g/mol. The molecule has 1 saturated heterocycles. The summed E-state index contributed by atoms with van der Waals surface area (Å²) < 4.78 is 2.11. The summed E-state index contributed by atoms with van der Waals surface area (Å²) in [7, 11) is 0. The number of piperidine rings is 1. The molecule has 0 aliphatic carbocycles. The fourth-order valence-electron chi connectivity index (χ4n) is 4.28. The molecule has 0 bridgehead atoms. The molecular formula is C28H27ClN4. The second kappa shape index (κ2) is 9.79. The van der Waals surface area contributed by atoms with Gasteiger partial charge in [-0.15, -0.1) is 0 Å². The summed E-state index contributed by atoms with van der Waals surface area (Å²) in [6.45, 7) is 6.74. The zero-order valence-corrected chi connectivity index (χ0v) is 19.6. The number of nitrogens with zero attached hydrogens (tertiary/aromatic N) is 4. The molecule has 1 fully saturated rings. The minimum Gasteiger partial charge on any atom is -0.301 e. The Morgan fingerprint density at radius 1 is 0.909 bits per heavy atom. The lowest BCUT2D eigenvalue weighted by Gasteiger charge is -2.30. The predicted molar refractivity (Wildman–Crippen MR) is 135 cm³/mol. The minimum absolute atomic E-state index is 0.730. The van der Waals surface area contributed by atoms with Crippen LogP contribution in [0.3, 0.4) is 0 Å². The van der Waals surface area contributed by atoms with E-state index in [2.05, 4.69) is 56.6 Å². The highest BCUT2D eigenvalue weighted by Gasteiger charge is 2.15. The smallest absolute Gasteiger partial charge is 0.113 e. The summed E-state index contributed by atoms with van der Waals surface area (Å²) in [5.41, 5.74) is 5.01. The van der Waals surface area contributed by atoms with Gasteiger partial charge < -0.3 is 4.90 Å². The van der Waals surface area contributed by atoms with Crippen LogP contribution in [0.4, 0.5) is 0 Å². The van der Waals surface area contributed by atoms with Crippen LogP contribution >= 0.6 is 11.6 Å². The molecule has 4 aromatic rings. The molecule has 0 radical (unpaired) electrons. The van der Waals surface area contributed by atoms with Gasteiger partial charge in [-0.2, -0.15) is 5.10 Å². The zero-order valence-electron chi connectivity index (χ0n) is 18.8. The van der Waals surface area contributed by atoms with E-state index < -0.39 is 0 Å². The number of halogens is 1. The summed E-state index contributed by atoms with van der Waals surface area (Å²) in [5, 5.41) is 6.47. The highest BCUT2D eigenvalue weighted by Crippen LogP contribution is 2.21. The molecule has 2 aromatic carbocycles. The molecule has 0 atom stereocenters. The number of rotatable bonds is 4. The van der Waals surface area contributed by atoms with E-state index in [4.69, 9.17) is 11.6 Å².